The van der Waals surface area contributed by atoms with Gasteiger partial charge in [-0.25, -0.2) is 0 Å². The van der Waals surface area contributed by atoms with Crippen LogP contribution in [0.3, 0.4) is 0 Å². The van der Waals surface area contributed by atoms with Crippen molar-refractivity contribution >= 4 is 5.69 Å². The van der Waals surface area contributed by atoms with Gasteiger partial charge < -0.3 is 10.1 Å². The maximum absolute atomic E-state index is 5.82. The Morgan fingerprint density at radius 1 is 1.25 bits per heavy atom. The molecule has 1 aromatic carbocycles. The number of aryl methyl sites for hydroxylation is 1. The monoisotopic (exact) mass is 270 g/mol. The first-order chi connectivity index (χ1) is 9.70. The van der Waals surface area contributed by atoms with Crippen molar-refractivity contribution < 1.29 is 4.74 Å². The zero-order valence-electron chi connectivity index (χ0n) is 12.4. The highest BCUT2D eigenvalue weighted by Gasteiger charge is 2.10. The van der Waals surface area contributed by atoms with E-state index in [4.69, 9.17) is 4.74 Å². The number of ether oxygens (including phenoxy) is 1. The van der Waals surface area contributed by atoms with Crippen molar-refractivity contribution in [1.82, 2.24) is 4.98 Å². The third kappa shape index (κ3) is 3.73. The fourth-order valence-corrected chi connectivity index (χ4v) is 2.02. The van der Waals surface area contributed by atoms with E-state index >= 15 is 0 Å². The van der Waals surface area contributed by atoms with Crippen LogP contribution in [0.25, 0.3) is 0 Å². The number of nitrogens with one attached hydrogen (secondary N) is 1. The minimum absolute atomic E-state index is 0.142. The van der Waals surface area contributed by atoms with Crippen molar-refractivity contribution in [2.75, 3.05) is 11.9 Å². The fraction of sp³-hybridized carbons (Fsp3) is 0.353. The smallest absolute Gasteiger partial charge is 0.142 e. The Kier molecular flexibility index (Phi) is 4.99. The summed E-state index contributed by atoms with van der Waals surface area (Å²) in [6, 6.07) is 12.3. The lowest BCUT2D eigenvalue weighted by molar-refractivity contribution is 0.318. The molecule has 3 heteroatoms. The van der Waals surface area contributed by atoms with Gasteiger partial charge in [-0.05, 0) is 50.1 Å². The largest absolute Gasteiger partial charge is 0.491 e. The van der Waals surface area contributed by atoms with E-state index < -0.39 is 0 Å². The Hall–Kier alpha value is -2.03. The summed E-state index contributed by atoms with van der Waals surface area (Å²) in [6.07, 6.45) is 2.82. The minimum atomic E-state index is 0.142. The maximum Gasteiger partial charge on any atom is 0.142 e. The number of hydrogen-bond donors (Lipinski definition) is 1. The van der Waals surface area contributed by atoms with Crippen molar-refractivity contribution in [1.29, 1.82) is 0 Å². The van der Waals surface area contributed by atoms with Crippen molar-refractivity contribution in [2.24, 2.45) is 0 Å². The zero-order chi connectivity index (χ0) is 14.4. The molecule has 106 valence electrons. The molecule has 1 N–H and O–H groups in total. The molecule has 0 bridgehead atoms. The van der Waals surface area contributed by atoms with Gasteiger partial charge in [0, 0.05) is 6.20 Å². The van der Waals surface area contributed by atoms with Crippen LogP contribution in [-0.4, -0.2) is 11.6 Å². The molecule has 1 unspecified atom stereocenters. The van der Waals surface area contributed by atoms with Gasteiger partial charge in [-0.1, -0.05) is 19.1 Å². The molecule has 20 heavy (non-hydrogen) atoms. The number of aromatic nitrogens is 1. The van der Waals surface area contributed by atoms with Crippen LogP contribution in [0.5, 0.6) is 5.75 Å². The molecule has 0 aliphatic rings. The van der Waals surface area contributed by atoms with Crippen LogP contribution in [0.15, 0.2) is 42.6 Å². The van der Waals surface area contributed by atoms with Crippen molar-refractivity contribution in [3.8, 4) is 5.75 Å². The molecule has 2 rings (SSSR count). The minimum Gasteiger partial charge on any atom is -0.491 e. The Morgan fingerprint density at radius 2 is 2.10 bits per heavy atom. The summed E-state index contributed by atoms with van der Waals surface area (Å²) in [5.74, 6) is 0.912. The number of rotatable bonds is 6. The van der Waals surface area contributed by atoms with Gasteiger partial charge in [0.1, 0.15) is 5.75 Å². The predicted octanol–water partition coefficient (Wildman–Crippen LogP) is 4.35. The topological polar surface area (TPSA) is 34.1 Å². The molecule has 2 aromatic rings. The molecule has 0 fully saturated rings. The third-order valence-corrected chi connectivity index (χ3v) is 3.10. The first kappa shape index (κ1) is 14.4. The summed E-state index contributed by atoms with van der Waals surface area (Å²) in [4.78, 5) is 4.38. The second-order valence-corrected chi connectivity index (χ2v) is 4.97. The van der Waals surface area contributed by atoms with Crippen LogP contribution in [0.4, 0.5) is 5.69 Å². The molecule has 0 spiro atoms. The summed E-state index contributed by atoms with van der Waals surface area (Å²) in [5.41, 5.74) is 3.24. The van der Waals surface area contributed by atoms with Crippen LogP contribution in [0.2, 0.25) is 0 Å². The molecule has 0 radical (unpaired) electrons. The number of anilines is 1. The van der Waals surface area contributed by atoms with E-state index in [9.17, 15) is 0 Å². The second-order valence-electron chi connectivity index (χ2n) is 4.97. The Morgan fingerprint density at radius 3 is 2.80 bits per heavy atom. The lowest BCUT2D eigenvalue weighted by Crippen LogP contribution is -2.10. The average molecular weight is 270 g/mol. The van der Waals surface area contributed by atoms with Crippen LogP contribution in [-0.2, 0) is 0 Å². The molecular formula is C17H22N2O. The highest BCUT2D eigenvalue weighted by molar-refractivity contribution is 5.58. The van der Waals surface area contributed by atoms with Gasteiger partial charge >= 0.3 is 0 Å². The van der Waals surface area contributed by atoms with E-state index in [1.165, 1.54) is 5.56 Å². The summed E-state index contributed by atoms with van der Waals surface area (Å²) in [5, 5.41) is 3.48. The lowest BCUT2D eigenvalue weighted by atomic mass is 10.1. The Labute approximate surface area is 121 Å². The average Bonchev–Trinajstić information content (AvgIpc) is 2.48. The zero-order valence-corrected chi connectivity index (χ0v) is 12.4. The van der Waals surface area contributed by atoms with E-state index in [1.807, 2.05) is 24.4 Å². The van der Waals surface area contributed by atoms with Crippen molar-refractivity contribution in [2.45, 2.75) is 33.2 Å². The first-order valence-electron chi connectivity index (χ1n) is 7.11. The Bertz CT molecular complexity index is 540. The van der Waals surface area contributed by atoms with Crippen molar-refractivity contribution in [3.05, 3.63) is 53.9 Å². The van der Waals surface area contributed by atoms with Gasteiger partial charge in [-0.3, -0.25) is 4.98 Å². The van der Waals surface area contributed by atoms with Gasteiger partial charge in [0.05, 0.1) is 24.0 Å². The van der Waals surface area contributed by atoms with E-state index in [2.05, 4.69) is 49.3 Å². The van der Waals surface area contributed by atoms with E-state index in [1.54, 1.807) is 0 Å². The van der Waals surface area contributed by atoms with Crippen LogP contribution in [0.1, 0.15) is 37.6 Å². The van der Waals surface area contributed by atoms with E-state index in [0.29, 0.717) is 0 Å². The van der Waals surface area contributed by atoms with E-state index in [0.717, 1.165) is 30.2 Å². The third-order valence-electron chi connectivity index (χ3n) is 3.10. The molecular weight excluding hydrogens is 248 g/mol. The molecule has 3 nitrogen and oxygen atoms in total. The summed E-state index contributed by atoms with van der Waals surface area (Å²) in [7, 11) is 0. The quantitative estimate of drug-likeness (QED) is 0.847. The molecule has 1 aromatic heterocycles. The summed E-state index contributed by atoms with van der Waals surface area (Å²) in [6.45, 7) is 7.02. The van der Waals surface area contributed by atoms with Crippen LogP contribution in [0, 0.1) is 6.92 Å². The summed E-state index contributed by atoms with van der Waals surface area (Å²) >= 11 is 0. The molecule has 0 saturated heterocycles. The van der Waals surface area contributed by atoms with Gasteiger partial charge in [0.2, 0.25) is 0 Å². The second kappa shape index (κ2) is 6.94. The van der Waals surface area contributed by atoms with Gasteiger partial charge in [-0.2, -0.15) is 0 Å². The van der Waals surface area contributed by atoms with Crippen molar-refractivity contribution in [3.63, 3.8) is 0 Å². The molecule has 1 atom stereocenters. The van der Waals surface area contributed by atoms with Gasteiger partial charge in [0.25, 0.3) is 0 Å². The number of pyridine rings is 1. The molecule has 0 aliphatic carbocycles. The van der Waals surface area contributed by atoms with Gasteiger partial charge in [0.15, 0.2) is 0 Å². The summed E-state index contributed by atoms with van der Waals surface area (Å²) < 4.78 is 5.82. The normalized spacial score (nSPS) is 11.9. The lowest BCUT2D eigenvalue weighted by Gasteiger charge is -2.18. The number of benzene rings is 1. The standard InChI is InChI=1S/C17H22N2O/c1-4-11-20-17-12-13(2)8-9-16(17)19-14(3)15-7-5-6-10-18-15/h5-10,12,14,19H,4,11H2,1-3H3. The van der Waals surface area contributed by atoms with Crippen LogP contribution >= 0.6 is 0 Å². The Balaban J connectivity index is 2.15. The molecule has 0 amide bonds. The molecule has 0 saturated carbocycles. The predicted molar refractivity (Wildman–Crippen MR) is 83.2 cm³/mol. The highest BCUT2D eigenvalue weighted by Crippen LogP contribution is 2.29. The van der Waals surface area contributed by atoms with Gasteiger partial charge in [-0.15, -0.1) is 0 Å². The fourth-order valence-electron chi connectivity index (χ4n) is 2.02. The first-order valence-corrected chi connectivity index (χ1v) is 7.11. The van der Waals surface area contributed by atoms with Crippen LogP contribution < -0.4 is 10.1 Å². The number of nitrogens with zero attached hydrogens (tertiary/aromatic N) is 1. The molecule has 0 aliphatic heterocycles. The van der Waals surface area contributed by atoms with E-state index in [-0.39, 0.29) is 6.04 Å². The highest BCUT2D eigenvalue weighted by atomic mass is 16.5. The maximum atomic E-state index is 5.82. The SMILES string of the molecule is CCCOc1cc(C)ccc1NC(C)c1ccccn1. The molecule has 1 heterocycles. The number of hydrogen-bond acceptors (Lipinski definition) is 3.